The van der Waals surface area contributed by atoms with Gasteiger partial charge in [0.1, 0.15) is 0 Å². The molecule has 1 aromatic carbocycles. The zero-order valence-corrected chi connectivity index (χ0v) is 13.3. The average Bonchev–Trinajstić information content (AvgIpc) is 2.94. The number of rotatable bonds is 7. The van der Waals surface area contributed by atoms with Crippen molar-refractivity contribution >= 4 is 23.4 Å². The molecule has 1 N–H and O–H groups in total. The first-order valence-corrected chi connectivity index (χ1v) is 8.88. The van der Waals surface area contributed by atoms with Crippen molar-refractivity contribution in [1.82, 2.24) is 5.32 Å². The van der Waals surface area contributed by atoms with Crippen LogP contribution in [0, 0.1) is 5.92 Å². The van der Waals surface area contributed by atoms with E-state index in [0.29, 0.717) is 6.04 Å². The van der Waals surface area contributed by atoms with Gasteiger partial charge in [-0.15, -0.1) is 0 Å². The number of benzene rings is 1. The Morgan fingerprint density at radius 2 is 1.95 bits per heavy atom. The summed E-state index contributed by atoms with van der Waals surface area (Å²) in [7, 11) is 0. The van der Waals surface area contributed by atoms with E-state index < -0.39 is 0 Å². The summed E-state index contributed by atoms with van der Waals surface area (Å²) in [5, 5.41) is 4.50. The van der Waals surface area contributed by atoms with Crippen LogP contribution in [0.4, 0.5) is 0 Å². The first kappa shape index (κ1) is 15.2. The third-order valence-corrected chi connectivity index (χ3v) is 5.30. The molecule has 1 aromatic rings. The Balaban J connectivity index is 1.76. The fourth-order valence-corrected chi connectivity index (χ4v) is 4.18. The van der Waals surface area contributed by atoms with Crippen LogP contribution in [0.2, 0.25) is 5.02 Å². The van der Waals surface area contributed by atoms with Gasteiger partial charge in [0.15, 0.2) is 0 Å². The second kappa shape index (κ2) is 8.18. The minimum Gasteiger partial charge on any atom is -0.313 e. The van der Waals surface area contributed by atoms with Gasteiger partial charge in [0, 0.05) is 22.6 Å². The van der Waals surface area contributed by atoms with Crippen LogP contribution in [-0.4, -0.2) is 18.3 Å². The van der Waals surface area contributed by atoms with Crippen molar-refractivity contribution in [2.75, 3.05) is 12.3 Å². The lowest BCUT2D eigenvalue weighted by atomic mass is 10.00. The quantitative estimate of drug-likeness (QED) is 0.780. The molecule has 19 heavy (non-hydrogen) atoms. The Hall–Kier alpha value is -0.180. The minimum absolute atomic E-state index is 0.699. The Morgan fingerprint density at radius 1 is 1.26 bits per heavy atom. The van der Waals surface area contributed by atoms with E-state index in [-0.39, 0.29) is 0 Å². The first-order valence-electron chi connectivity index (χ1n) is 7.35. The van der Waals surface area contributed by atoms with E-state index in [2.05, 4.69) is 24.4 Å². The van der Waals surface area contributed by atoms with E-state index >= 15 is 0 Å². The number of halogens is 1. The number of hydrogen-bond donors (Lipinski definition) is 1. The molecule has 0 amide bonds. The molecule has 3 heteroatoms. The SMILES string of the molecule is CCNC(CSCc1ccc(Cl)cc1)C1CCCC1. The Morgan fingerprint density at radius 3 is 2.58 bits per heavy atom. The molecule has 106 valence electrons. The van der Waals surface area contributed by atoms with Gasteiger partial charge in [-0.1, -0.05) is 43.5 Å². The molecule has 1 saturated carbocycles. The summed E-state index contributed by atoms with van der Waals surface area (Å²) < 4.78 is 0. The molecular formula is C16H24ClNS. The van der Waals surface area contributed by atoms with Crippen LogP contribution in [0.5, 0.6) is 0 Å². The van der Waals surface area contributed by atoms with Crippen LogP contribution in [0.3, 0.4) is 0 Å². The van der Waals surface area contributed by atoms with E-state index in [1.165, 1.54) is 37.0 Å². The van der Waals surface area contributed by atoms with Crippen molar-refractivity contribution in [3.05, 3.63) is 34.9 Å². The van der Waals surface area contributed by atoms with Gasteiger partial charge in [-0.3, -0.25) is 0 Å². The van der Waals surface area contributed by atoms with E-state index in [4.69, 9.17) is 11.6 Å². The maximum Gasteiger partial charge on any atom is 0.0406 e. The minimum atomic E-state index is 0.699. The number of thioether (sulfide) groups is 1. The monoisotopic (exact) mass is 297 g/mol. The molecular weight excluding hydrogens is 274 g/mol. The lowest BCUT2D eigenvalue weighted by Crippen LogP contribution is -2.37. The maximum atomic E-state index is 5.91. The third kappa shape index (κ3) is 5.02. The van der Waals surface area contributed by atoms with Crippen LogP contribution in [-0.2, 0) is 5.75 Å². The summed E-state index contributed by atoms with van der Waals surface area (Å²) in [6, 6.07) is 8.93. The summed E-state index contributed by atoms with van der Waals surface area (Å²) in [6.45, 7) is 3.30. The van der Waals surface area contributed by atoms with E-state index in [9.17, 15) is 0 Å². The van der Waals surface area contributed by atoms with Gasteiger partial charge >= 0.3 is 0 Å². The van der Waals surface area contributed by atoms with Gasteiger partial charge in [0.2, 0.25) is 0 Å². The highest BCUT2D eigenvalue weighted by Gasteiger charge is 2.23. The van der Waals surface area contributed by atoms with Gasteiger partial charge in [0.25, 0.3) is 0 Å². The fourth-order valence-electron chi connectivity index (χ4n) is 2.87. The molecule has 0 spiro atoms. The van der Waals surface area contributed by atoms with Crippen LogP contribution in [0.15, 0.2) is 24.3 Å². The van der Waals surface area contributed by atoms with Crippen molar-refractivity contribution in [2.45, 2.75) is 44.4 Å². The highest BCUT2D eigenvalue weighted by molar-refractivity contribution is 7.98. The zero-order chi connectivity index (χ0) is 13.5. The van der Waals surface area contributed by atoms with Gasteiger partial charge in [0.05, 0.1) is 0 Å². The molecule has 1 aliphatic rings. The molecule has 0 bridgehead atoms. The molecule has 1 aliphatic carbocycles. The second-order valence-electron chi connectivity index (χ2n) is 5.35. The zero-order valence-electron chi connectivity index (χ0n) is 11.7. The van der Waals surface area contributed by atoms with Crippen molar-refractivity contribution in [1.29, 1.82) is 0 Å². The molecule has 0 aromatic heterocycles. The van der Waals surface area contributed by atoms with Gasteiger partial charge < -0.3 is 5.32 Å². The first-order chi connectivity index (χ1) is 9.29. The highest BCUT2D eigenvalue weighted by Crippen LogP contribution is 2.29. The summed E-state index contributed by atoms with van der Waals surface area (Å²) in [5.74, 6) is 3.21. The summed E-state index contributed by atoms with van der Waals surface area (Å²) in [4.78, 5) is 0. The van der Waals surface area contributed by atoms with Gasteiger partial charge in [-0.2, -0.15) is 11.8 Å². The van der Waals surface area contributed by atoms with Gasteiger partial charge in [-0.25, -0.2) is 0 Å². The average molecular weight is 298 g/mol. The number of hydrogen-bond acceptors (Lipinski definition) is 2. The molecule has 0 aliphatic heterocycles. The van der Waals surface area contributed by atoms with E-state index in [1.807, 2.05) is 23.9 Å². The summed E-state index contributed by atoms with van der Waals surface area (Å²) >= 11 is 7.95. The second-order valence-corrected chi connectivity index (χ2v) is 6.82. The van der Waals surface area contributed by atoms with Crippen molar-refractivity contribution < 1.29 is 0 Å². The summed E-state index contributed by atoms with van der Waals surface area (Å²) in [5.41, 5.74) is 1.37. The molecule has 0 radical (unpaired) electrons. The van der Waals surface area contributed by atoms with Crippen LogP contribution >= 0.6 is 23.4 Å². The maximum absolute atomic E-state index is 5.91. The van der Waals surface area contributed by atoms with Crippen LogP contribution < -0.4 is 5.32 Å². The molecule has 2 rings (SSSR count). The standard InChI is InChI=1S/C16H24ClNS/c1-2-18-16(14-5-3-4-6-14)12-19-11-13-7-9-15(17)10-8-13/h7-10,14,16,18H,2-6,11-12H2,1H3. The Bertz CT molecular complexity index is 360. The predicted octanol–water partition coefficient (Wildman–Crippen LogP) is 4.74. The predicted molar refractivity (Wildman–Crippen MR) is 87.0 cm³/mol. The lowest BCUT2D eigenvalue weighted by Gasteiger charge is -2.24. The largest absolute Gasteiger partial charge is 0.313 e. The normalized spacial score (nSPS) is 17.8. The Labute approximate surface area is 126 Å². The van der Waals surface area contributed by atoms with Crippen LogP contribution in [0.1, 0.15) is 38.2 Å². The van der Waals surface area contributed by atoms with Gasteiger partial charge in [-0.05, 0) is 43.0 Å². The fraction of sp³-hybridized carbons (Fsp3) is 0.625. The topological polar surface area (TPSA) is 12.0 Å². The highest BCUT2D eigenvalue weighted by atomic mass is 35.5. The van der Waals surface area contributed by atoms with Crippen molar-refractivity contribution in [2.24, 2.45) is 5.92 Å². The molecule has 1 fully saturated rings. The molecule has 1 nitrogen and oxygen atoms in total. The molecule has 0 heterocycles. The van der Waals surface area contributed by atoms with E-state index in [1.54, 1.807) is 0 Å². The molecule has 1 atom stereocenters. The third-order valence-electron chi connectivity index (χ3n) is 3.91. The Kier molecular flexibility index (Phi) is 6.55. The lowest BCUT2D eigenvalue weighted by molar-refractivity contribution is 0.394. The molecule has 1 unspecified atom stereocenters. The van der Waals surface area contributed by atoms with Crippen molar-refractivity contribution in [3.8, 4) is 0 Å². The molecule has 0 saturated heterocycles. The smallest absolute Gasteiger partial charge is 0.0406 e. The van der Waals surface area contributed by atoms with Crippen molar-refractivity contribution in [3.63, 3.8) is 0 Å². The number of nitrogens with one attached hydrogen (secondary N) is 1. The van der Waals surface area contributed by atoms with Crippen LogP contribution in [0.25, 0.3) is 0 Å². The summed E-state index contributed by atoms with van der Waals surface area (Å²) in [6.07, 6.45) is 5.68. The van der Waals surface area contributed by atoms with E-state index in [0.717, 1.165) is 23.2 Å².